The Balaban J connectivity index is 0.000000173. The van der Waals surface area contributed by atoms with Crippen LogP contribution in [0.3, 0.4) is 0 Å². The van der Waals surface area contributed by atoms with E-state index in [1.165, 1.54) is 15.9 Å². The molecule has 0 aromatic heterocycles. The molecule has 4 nitrogen and oxygen atoms in total. The molecule has 0 saturated heterocycles. The smallest absolute Gasteiger partial charge is 0.386 e. The topological polar surface area (TPSA) is 44.8 Å². The quantitative estimate of drug-likeness (QED) is 0.151. The van der Waals surface area contributed by atoms with Gasteiger partial charge in [-0.25, -0.2) is 0 Å². The molecule has 0 bridgehead atoms. The van der Waals surface area contributed by atoms with Crippen LogP contribution in [-0.2, 0) is 16.4 Å². The minimum atomic E-state index is -3.89. The lowest BCUT2D eigenvalue weighted by molar-refractivity contribution is 0.298. The zero-order valence-electron chi connectivity index (χ0n) is 23.3. The van der Waals surface area contributed by atoms with Crippen molar-refractivity contribution in [2.24, 2.45) is 0 Å². The van der Waals surface area contributed by atoms with Gasteiger partial charge in [-0.15, -0.1) is 0 Å². The second-order valence-electron chi connectivity index (χ2n) is 9.28. The van der Waals surface area contributed by atoms with Crippen LogP contribution < -0.4 is 29.5 Å². The lowest BCUT2D eigenvalue weighted by atomic mass is 10.3. The maximum atomic E-state index is 13.1. The van der Waals surface area contributed by atoms with E-state index >= 15 is 0 Å². The lowest BCUT2D eigenvalue weighted by Gasteiger charge is -2.23. The maximum Gasteiger partial charge on any atom is 0.647 e. The molecule has 0 spiro atoms. The van der Waals surface area contributed by atoms with Crippen LogP contribution in [0.5, 0.6) is 17.2 Å². The number of phosphoric acid groups is 1. The van der Waals surface area contributed by atoms with Crippen molar-refractivity contribution in [1.82, 2.24) is 0 Å². The monoisotopic (exact) mass is 620 g/mol. The zero-order valence-corrected chi connectivity index (χ0v) is 25.9. The van der Waals surface area contributed by atoms with Gasteiger partial charge in [-0.05, 0) is 52.3 Å². The molecule has 6 aromatic carbocycles. The van der Waals surface area contributed by atoms with Crippen LogP contribution in [0.4, 0.5) is 0 Å². The van der Waals surface area contributed by atoms with Gasteiger partial charge in [0.25, 0.3) is 0 Å². The van der Waals surface area contributed by atoms with Crippen molar-refractivity contribution in [2.75, 3.05) is 0 Å². The Morgan fingerprint density at radius 2 is 0.558 bits per heavy atom. The van der Waals surface area contributed by atoms with Crippen LogP contribution in [-0.4, -0.2) is 0 Å². The predicted molar refractivity (Wildman–Crippen MR) is 181 cm³/mol. The fourth-order valence-corrected chi connectivity index (χ4v) is 9.27. The van der Waals surface area contributed by atoms with E-state index in [4.69, 9.17) is 25.4 Å². The summed E-state index contributed by atoms with van der Waals surface area (Å²) in [5.41, 5.74) is 0. The molecule has 214 valence electrons. The molecule has 0 radical (unpaired) electrons. The molecule has 0 amide bonds. The number of para-hydroxylation sites is 3. The summed E-state index contributed by atoms with van der Waals surface area (Å²) in [6.07, 6.45) is 0. The Bertz CT molecular complexity index is 1560. The van der Waals surface area contributed by atoms with E-state index in [1.807, 2.05) is 36.4 Å². The number of hydrogen-bond acceptors (Lipinski definition) is 5. The molecule has 0 unspecified atom stereocenters. The van der Waals surface area contributed by atoms with Gasteiger partial charge in [-0.3, -0.25) is 0 Å². The van der Waals surface area contributed by atoms with Gasteiger partial charge in [-0.2, -0.15) is 4.57 Å². The number of phosphoric ester groups is 1. The van der Waals surface area contributed by atoms with Gasteiger partial charge in [0.15, 0.2) is 0 Å². The van der Waals surface area contributed by atoms with Crippen LogP contribution in [0.15, 0.2) is 182 Å². The molecule has 0 aliphatic carbocycles. The van der Waals surface area contributed by atoms with E-state index in [0.29, 0.717) is 17.2 Å². The summed E-state index contributed by atoms with van der Waals surface area (Å²) in [6, 6.07) is 55.9. The van der Waals surface area contributed by atoms with E-state index in [-0.39, 0.29) is 0 Å². The van der Waals surface area contributed by atoms with Crippen molar-refractivity contribution in [3.8, 4) is 17.2 Å². The summed E-state index contributed by atoms with van der Waals surface area (Å²) in [4.78, 5) is 0. The number of rotatable bonds is 9. The normalized spacial score (nSPS) is 11.0. The van der Waals surface area contributed by atoms with Crippen molar-refractivity contribution in [3.05, 3.63) is 182 Å². The third-order valence-electron chi connectivity index (χ3n) is 6.24. The third-order valence-corrected chi connectivity index (χ3v) is 12.5. The maximum absolute atomic E-state index is 13.1. The Hall–Kier alpha value is -4.40. The first-order valence-corrected chi connectivity index (χ1v) is 17.9. The molecule has 6 rings (SSSR count). The Kier molecular flexibility index (Phi) is 10.3. The third kappa shape index (κ3) is 8.12. The van der Waals surface area contributed by atoms with Gasteiger partial charge in [-0.1, -0.05) is 157 Å². The largest absolute Gasteiger partial charge is 0.647 e. The van der Waals surface area contributed by atoms with Gasteiger partial charge in [0.05, 0.1) is 0 Å². The lowest BCUT2D eigenvalue weighted by Crippen LogP contribution is -2.24. The molecule has 0 heterocycles. The summed E-state index contributed by atoms with van der Waals surface area (Å²) in [5, 5.41) is 3.73. The second kappa shape index (κ2) is 14.7. The van der Waals surface area contributed by atoms with Crippen molar-refractivity contribution in [3.63, 3.8) is 0 Å². The van der Waals surface area contributed by atoms with Gasteiger partial charge in [0.2, 0.25) is 0 Å². The SMILES string of the molecule is O=P(Oc1ccccc1)(Oc1ccccc1)Oc1ccccc1.S=P(c1ccccc1)(c1ccccc1)c1ccccc1. The molecule has 0 N–H and O–H groups in total. The van der Waals surface area contributed by atoms with Crippen molar-refractivity contribution in [1.29, 1.82) is 0 Å². The summed E-state index contributed by atoms with van der Waals surface area (Å²) in [7, 11) is -3.89. The average Bonchev–Trinajstić information content (AvgIpc) is 3.07. The molecule has 0 saturated carbocycles. The molecular formula is C36H30O4P2S. The first kappa shape index (κ1) is 30.1. The fraction of sp³-hybridized carbons (Fsp3) is 0. The highest BCUT2D eigenvalue weighted by atomic mass is 32.4. The van der Waals surface area contributed by atoms with Crippen LogP contribution in [0.2, 0.25) is 0 Å². The molecule has 0 fully saturated rings. The highest BCUT2D eigenvalue weighted by molar-refractivity contribution is 8.25. The standard InChI is InChI=1S/C18H15O4P.C18H15PS/c19-23(20-16-10-4-1-5-11-16,21-17-12-6-2-7-13-17)22-18-14-8-3-9-15-18;20-19(16-10-4-1-5-11-16,17-12-6-2-7-13-17)18-14-8-3-9-15-18/h1-15H;1-15H. The van der Waals surface area contributed by atoms with Crippen LogP contribution >= 0.6 is 13.9 Å². The summed E-state index contributed by atoms with van der Waals surface area (Å²) < 4.78 is 29.6. The minimum Gasteiger partial charge on any atom is -0.386 e. The zero-order chi connectivity index (χ0) is 29.8. The van der Waals surface area contributed by atoms with Crippen LogP contribution in [0, 0.1) is 0 Å². The summed E-state index contributed by atoms with van der Waals surface area (Å²) in [6.45, 7) is 0. The van der Waals surface area contributed by atoms with Crippen molar-refractivity contribution in [2.45, 2.75) is 0 Å². The van der Waals surface area contributed by atoms with E-state index in [9.17, 15) is 4.57 Å². The van der Waals surface area contributed by atoms with E-state index < -0.39 is 13.9 Å². The van der Waals surface area contributed by atoms with Crippen molar-refractivity contribution < 1.29 is 18.1 Å². The summed E-state index contributed by atoms with van der Waals surface area (Å²) in [5.74, 6) is 1.22. The van der Waals surface area contributed by atoms with Gasteiger partial charge in [0.1, 0.15) is 17.2 Å². The fourth-order valence-electron chi connectivity index (χ4n) is 4.25. The molecule has 43 heavy (non-hydrogen) atoms. The average molecular weight is 621 g/mol. The minimum absolute atomic E-state index is 0.405. The highest BCUT2D eigenvalue weighted by Gasteiger charge is 2.33. The van der Waals surface area contributed by atoms with Crippen molar-refractivity contribution >= 4 is 41.6 Å². The Morgan fingerprint density at radius 1 is 0.349 bits per heavy atom. The van der Waals surface area contributed by atoms with Gasteiger partial charge in [0, 0.05) is 6.04 Å². The summed E-state index contributed by atoms with van der Waals surface area (Å²) >= 11 is 6.21. The highest BCUT2D eigenvalue weighted by Crippen LogP contribution is 2.49. The predicted octanol–water partition coefficient (Wildman–Crippen LogP) is 8.77. The number of benzene rings is 6. The molecule has 0 aliphatic rings. The van der Waals surface area contributed by atoms with Crippen LogP contribution in [0.1, 0.15) is 0 Å². The molecule has 0 atom stereocenters. The van der Waals surface area contributed by atoms with Gasteiger partial charge < -0.3 is 13.6 Å². The van der Waals surface area contributed by atoms with Gasteiger partial charge >= 0.3 is 7.82 Å². The van der Waals surface area contributed by atoms with Crippen LogP contribution in [0.25, 0.3) is 0 Å². The molecule has 0 aliphatic heterocycles. The number of hydrogen-bond donors (Lipinski definition) is 0. The molecule has 6 aromatic rings. The first-order valence-electron chi connectivity index (χ1n) is 13.7. The second-order valence-corrected chi connectivity index (χ2v) is 15.1. The Morgan fingerprint density at radius 3 is 0.791 bits per heavy atom. The van der Waals surface area contributed by atoms with E-state index in [2.05, 4.69) is 72.8 Å². The molecule has 7 heteroatoms. The Labute approximate surface area is 258 Å². The first-order chi connectivity index (χ1) is 21.1. The molecular weight excluding hydrogens is 590 g/mol. The van der Waals surface area contributed by atoms with E-state index in [0.717, 1.165) is 0 Å². The van der Waals surface area contributed by atoms with E-state index in [1.54, 1.807) is 72.8 Å².